The van der Waals surface area contributed by atoms with Crippen LogP contribution in [-0.4, -0.2) is 24.3 Å². The highest BCUT2D eigenvalue weighted by Gasteiger charge is 2.30. The lowest BCUT2D eigenvalue weighted by Crippen LogP contribution is -2.32. The van der Waals surface area contributed by atoms with Crippen molar-refractivity contribution in [1.29, 1.82) is 0 Å². The molecule has 0 saturated carbocycles. The number of hydrogen-bond acceptors (Lipinski definition) is 4. The van der Waals surface area contributed by atoms with Crippen molar-refractivity contribution in [1.82, 2.24) is 5.32 Å². The second kappa shape index (κ2) is 6.63. The van der Waals surface area contributed by atoms with Gasteiger partial charge in [-0.25, -0.2) is 0 Å². The predicted molar refractivity (Wildman–Crippen MR) is 94.9 cm³/mol. The Morgan fingerprint density at radius 2 is 1.69 bits per heavy atom. The van der Waals surface area contributed by atoms with Gasteiger partial charge in [-0.15, -0.1) is 0 Å². The van der Waals surface area contributed by atoms with Crippen molar-refractivity contribution < 1.29 is 19.1 Å². The zero-order chi connectivity index (χ0) is 18.1. The van der Waals surface area contributed by atoms with Gasteiger partial charge < -0.3 is 10.1 Å². The first-order chi connectivity index (χ1) is 12.6. The number of carbonyl (C=O) groups excluding carboxylic acids is 3. The maximum Gasteiger partial charge on any atom is 0.251 e. The molecule has 3 amide bonds. The van der Waals surface area contributed by atoms with E-state index in [2.05, 4.69) is 5.32 Å². The second-order valence-electron chi connectivity index (χ2n) is 6.37. The minimum atomic E-state index is -0.203. The molecule has 6 nitrogen and oxygen atoms in total. The zero-order valence-corrected chi connectivity index (χ0v) is 14.1. The highest BCUT2D eigenvalue weighted by Crippen LogP contribution is 2.31. The van der Waals surface area contributed by atoms with Crippen LogP contribution in [0.15, 0.2) is 48.5 Å². The summed E-state index contributed by atoms with van der Waals surface area (Å²) in [5.41, 5.74) is 1.96. The fourth-order valence-corrected chi connectivity index (χ4v) is 3.36. The molecule has 1 fully saturated rings. The van der Waals surface area contributed by atoms with Gasteiger partial charge in [0.25, 0.3) is 5.91 Å². The van der Waals surface area contributed by atoms with Crippen LogP contribution in [0.5, 0.6) is 5.75 Å². The number of benzene rings is 2. The normalized spacial score (nSPS) is 19.1. The lowest BCUT2D eigenvalue weighted by molar-refractivity contribution is -0.121. The first-order valence-corrected chi connectivity index (χ1v) is 8.62. The number of para-hydroxylation sites is 1. The van der Waals surface area contributed by atoms with E-state index in [0.717, 1.165) is 11.3 Å². The molecular formula is C20H18N2O4. The average Bonchev–Trinajstić information content (AvgIpc) is 3.00. The van der Waals surface area contributed by atoms with Crippen LogP contribution in [0.25, 0.3) is 0 Å². The highest BCUT2D eigenvalue weighted by atomic mass is 16.5. The fourth-order valence-electron chi connectivity index (χ4n) is 3.36. The van der Waals surface area contributed by atoms with Crippen molar-refractivity contribution >= 4 is 23.4 Å². The van der Waals surface area contributed by atoms with Gasteiger partial charge in [0.15, 0.2) is 0 Å². The lowest BCUT2D eigenvalue weighted by Gasteiger charge is -2.26. The molecule has 2 aromatic rings. The zero-order valence-electron chi connectivity index (χ0n) is 14.1. The third kappa shape index (κ3) is 2.94. The van der Waals surface area contributed by atoms with E-state index >= 15 is 0 Å². The summed E-state index contributed by atoms with van der Waals surface area (Å²) in [4.78, 5) is 37.4. The summed E-state index contributed by atoms with van der Waals surface area (Å²) in [6, 6.07) is 14.1. The van der Waals surface area contributed by atoms with E-state index in [4.69, 9.17) is 4.74 Å². The maximum atomic E-state index is 12.6. The second-order valence-corrected chi connectivity index (χ2v) is 6.37. The third-order valence-electron chi connectivity index (χ3n) is 4.70. The van der Waals surface area contributed by atoms with Crippen LogP contribution in [0, 0.1) is 0 Å². The standard InChI is InChI=1S/C20H18N2O4/c23-18-9-10-19(24)22(18)14-7-5-13(6-8-14)20(25)21-16-11-12-26-17-4-2-1-3-15(16)17/h1-8,16H,9-12H2,(H,21,25). The summed E-state index contributed by atoms with van der Waals surface area (Å²) in [6.45, 7) is 0.556. The lowest BCUT2D eigenvalue weighted by atomic mass is 10.00. The molecule has 1 N–H and O–H groups in total. The van der Waals surface area contributed by atoms with Crippen molar-refractivity contribution in [3.05, 3.63) is 59.7 Å². The van der Waals surface area contributed by atoms with Gasteiger partial charge in [0.1, 0.15) is 5.75 Å². The number of hydrogen-bond donors (Lipinski definition) is 1. The topological polar surface area (TPSA) is 75.7 Å². The summed E-state index contributed by atoms with van der Waals surface area (Å²) < 4.78 is 5.61. The molecule has 2 aliphatic rings. The molecule has 26 heavy (non-hydrogen) atoms. The molecular weight excluding hydrogens is 332 g/mol. The molecule has 1 atom stereocenters. The quantitative estimate of drug-likeness (QED) is 0.864. The number of nitrogens with zero attached hydrogens (tertiary/aromatic N) is 1. The van der Waals surface area contributed by atoms with Crippen molar-refractivity contribution in [2.24, 2.45) is 0 Å². The molecule has 4 rings (SSSR count). The number of carbonyl (C=O) groups is 3. The van der Waals surface area contributed by atoms with Gasteiger partial charge in [0.05, 0.1) is 18.3 Å². The molecule has 2 aliphatic heterocycles. The Balaban J connectivity index is 1.49. The predicted octanol–water partition coefficient (Wildman–Crippen LogP) is 2.59. The monoisotopic (exact) mass is 350 g/mol. The average molecular weight is 350 g/mol. The van der Waals surface area contributed by atoms with Crippen LogP contribution in [-0.2, 0) is 9.59 Å². The van der Waals surface area contributed by atoms with Gasteiger partial charge in [-0.05, 0) is 30.3 Å². The van der Waals surface area contributed by atoms with Gasteiger partial charge >= 0.3 is 0 Å². The minimum absolute atomic E-state index is 0.103. The Labute approximate surface area is 150 Å². The number of amides is 3. The van der Waals surface area contributed by atoms with Crippen molar-refractivity contribution in [2.45, 2.75) is 25.3 Å². The number of fused-ring (bicyclic) bond motifs is 1. The van der Waals surface area contributed by atoms with E-state index in [0.29, 0.717) is 24.3 Å². The SMILES string of the molecule is O=C(NC1CCOc2ccccc21)c1ccc(N2C(=O)CCC2=O)cc1. The van der Waals surface area contributed by atoms with E-state index in [-0.39, 0.29) is 36.6 Å². The fraction of sp³-hybridized carbons (Fsp3) is 0.250. The summed E-state index contributed by atoms with van der Waals surface area (Å²) in [5.74, 6) is 0.194. The molecule has 2 aromatic carbocycles. The van der Waals surface area contributed by atoms with Crippen LogP contribution in [0.1, 0.15) is 41.2 Å². The van der Waals surface area contributed by atoms with Gasteiger partial charge in [0.2, 0.25) is 11.8 Å². The van der Waals surface area contributed by atoms with Crippen molar-refractivity contribution in [3.63, 3.8) is 0 Å². The van der Waals surface area contributed by atoms with Crippen molar-refractivity contribution in [2.75, 3.05) is 11.5 Å². The molecule has 1 unspecified atom stereocenters. The number of nitrogens with one attached hydrogen (secondary N) is 1. The number of ether oxygens (including phenoxy) is 1. The number of anilines is 1. The summed E-state index contributed by atoms with van der Waals surface area (Å²) in [7, 11) is 0. The molecule has 1 saturated heterocycles. The molecule has 0 bridgehead atoms. The van der Waals surface area contributed by atoms with E-state index in [1.54, 1.807) is 24.3 Å². The van der Waals surface area contributed by atoms with Crippen molar-refractivity contribution in [3.8, 4) is 5.75 Å². The first-order valence-electron chi connectivity index (χ1n) is 8.62. The van der Waals surface area contributed by atoms with Crippen LogP contribution < -0.4 is 15.0 Å². The van der Waals surface area contributed by atoms with E-state index in [1.807, 2.05) is 24.3 Å². The molecule has 6 heteroatoms. The highest BCUT2D eigenvalue weighted by molar-refractivity contribution is 6.19. The molecule has 0 aliphatic carbocycles. The summed E-state index contributed by atoms with van der Waals surface area (Å²) >= 11 is 0. The maximum absolute atomic E-state index is 12.6. The minimum Gasteiger partial charge on any atom is -0.493 e. The van der Waals surface area contributed by atoms with Crippen LogP contribution in [0.2, 0.25) is 0 Å². The van der Waals surface area contributed by atoms with E-state index < -0.39 is 0 Å². The number of imide groups is 1. The Bertz CT molecular complexity index is 860. The van der Waals surface area contributed by atoms with Crippen LogP contribution in [0.4, 0.5) is 5.69 Å². The molecule has 0 aromatic heterocycles. The van der Waals surface area contributed by atoms with Gasteiger partial charge in [-0.2, -0.15) is 0 Å². The molecule has 2 heterocycles. The molecule has 132 valence electrons. The summed E-state index contributed by atoms with van der Waals surface area (Å²) in [5, 5.41) is 3.03. The third-order valence-corrected chi connectivity index (χ3v) is 4.70. The van der Waals surface area contributed by atoms with Gasteiger partial charge in [-0.3, -0.25) is 19.3 Å². The van der Waals surface area contributed by atoms with E-state index in [1.165, 1.54) is 4.90 Å². The van der Waals surface area contributed by atoms with E-state index in [9.17, 15) is 14.4 Å². The Morgan fingerprint density at radius 3 is 2.42 bits per heavy atom. The Hall–Kier alpha value is -3.15. The Morgan fingerprint density at radius 1 is 1.00 bits per heavy atom. The Kier molecular flexibility index (Phi) is 4.16. The first kappa shape index (κ1) is 16.3. The molecule has 0 radical (unpaired) electrons. The van der Waals surface area contributed by atoms with Gasteiger partial charge in [-0.1, -0.05) is 18.2 Å². The van der Waals surface area contributed by atoms with Gasteiger partial charge in [0, 0.05) is 30.4 Å². The van der Waals surface area contributed by atoms with Crippen LogP contribution in [0.3, 0.4) is 0 Å². The molecule has 0 spiro atoms. The van der Waals surface area contributed by atoms with Crippen LogP contribution >= 0.6 is 0 Å². The smallest absolute Gasteiger partial charge is 0.251 e. The summed E-state index contributed by atoms with van der Waals surface area (Å²) in [6.07, 6.45) is 1.19. The largest absolute Gasteiger partial charge is 0.493 e. The number of rotatable bonds is 3.